The van der Waals surface area contributed by atoms with Crippen molar-refractivity contribution in [2.24, 2.45) is 11.5 Å². The molecule has 1 atom stereocenters. The van der Waals surface area contributed by atoms with Crippen LogP contribution in [0.5, 0.6) is 11.5 Å². The van der Waals surface area contributed by atoms with Crippen molar-refractivity contribution < 1.29 is 10.2 Å². The molecule has 0 saturated carbocycles. The molecule has 0 aliphatic heterocycles. The van der Waals surface area contributed by atoms with E-state index in [0.717, 1.165) is 0 Å². The molecule has 0 aliphatic carbocycles. The topological polar surface area (TPSA) is 92.5 Å². The Labute approximate surface area is 123 Å². The van der Waals surface area contributed by atoms with Gasteiger partial charge in [0.15, 0.2) is 0 Å². The van der Waals surface area contributed by atoms with E-state index in [0.29, 0.717) is 16.8 Å². The Morgan fingerprint density at radius 3 is 2.00 bits per heavy atom. The van der Waals surface area contributed by atoms with Crippen LogP contribution in [0.2, 0.25) is 0 Å². The van der Waals surface area contributed by atoms with Crippen molar-refractivity contribution in [3.63, 3.8) is 0 Å². The minimum absolute atomic E-state index is 0.150. The number of nitrogens with two attached hydrogens (primary N) is 2. The number of phenolic OH excluding ortho intramolecular Hbond substituents is 2. The molecule has 0 spiro atoms. The fourth-order valence-electron chi connectivity index (χ4n) is 1.83. The van der Waals surface area contributed by atoms with Crippen LogP contribution in [0.25, 0.3) is 12.2 Å². The maximum Gasteiger partial charge on any atom is 0.122 e. The average molecular weight is 282 g/mol. The second-order valence-corrected chi connectivity index (χ2v) is 4.65. The highest BCUT2D eigenvalue weighted by molar-refractivity contribution is 5.62. The van der Waals surface area contributed by atoms with Crippen molar-refractivity contribution in [3.8, 4) is 11.5 Å². The van der Waals surface area contributed by atoms with Gasteiger partial charge in [-0.15, -0.1) is 0 Å². The molecule has 6 N–H and O–H groups in total. The molecule has 2 rings (SSSR count). The summed E-state index contributed by atoms with van der Waals surface area (Å²) in [5.41, 5.74) is 13.6. The maximum atomic E-state index is 9.69. The molecule has 4 heteroatoms. The van der Waals surface area contributed by atoms with Gasteiger partial charge >= 0.3 is 0 Å². The van der Waals surface area contributed by atoms with Crippen molar-refractivity contribution in [1.82, 2.24) is 0 Å². The number of hydrogen-bond donors (Lipinski definition) is 4. The largest absolute Gasteiger partial charge is 0.507 e. The summed E-state index contributed by atoms with van der Waals surface area (Å²) >= 11 is 0. The molecule has 0 bridgehead atoms. The highest BCUT2D eigenvalue weighted by Crippen LogP contribution is 2.20. The van der Waals surface area contributed by atoms with Crippen molar-refractivity contribution in [2.75, 3.05) is 0 Å². The minimum Gasteiger partial charge on any atom is -0.507 e. The summed E-state index contributed by atoms with van der Waals surface area (Å²) < 4.78 is 0. The molecule has 108 valence electrons. The zero-order chi connectivity index (χ0) is 15.2. The SMILES string of the molecule is N/C(=C/c1ccccc1O)C(N)/C=C/c1ccccc1O. The Kier molecular flexibility index (Phi) is 4.64. The van der Waals surface area contributed by atoms with Gasteiger partial charge in [0.25, 0.3) is 0 Å². The van der Waals surface area contributed by atoms with Gasteiger partial charge in [-0.1, -0.05) is 48.6 Å². The lowest BCUT2D eigenvalue weighted by Crippen LogP contribution is -2.24. The van der Waals surface area contributed by atoms with E-state index in [2.05, 4.69) is 0 Å². The van der Waals surface area contributed by atoms with Gasteiger partial charge in [-0.25, -0.2) is 0 Å². The van der Waals surface area contributed by atoms with Gasteiger partial charge in [-0.05, 0) is 18.2 Å². The van der Waals surface area contributed by atoms with Gasteiger partial charge in [-0.2, -0.15) is 0 Å². The molecular weight excluding hydrogens is 264 g/mol. The lowest BCUT2D eigenvalue weighted by atomic mass is 10.1. The fraction of sp³-hybridized carbons (Fsp3) is 0.0588. The van der Waals surface area contributed by atoms with Gasteiger partial charge in [0.05, 0.1) is 6.04 Å². The number of para-hydroxylation sites is 2. The molecule has 4 nitrogen and oxygen atoms in total. The van der Waals surface area contributed by atoms with E-state index in [4.69, 9.17) is 11.5 Å². The van der Waals surface area contributed by atoms with E-state index in [1.54, 1.807) is 54.6 Å². The Bertz CT molecular complexity index is 678. The number of phenols is 2. The van der Waals surface area contributed by atoms with Gasteiger partial charge in [-0.3, -0.25) is 0 Å². The summed E-state index contributed by atoms with van der Waals surface area (Å²) in [7, 11) is 0. The molecule has 0 amide bonds. The second-order valence-electron chi connectivity index (χ2n) is 4.65. The first-order chi connectivity index (χ1) is 10.1. The second kappa shape index (κ2) is 6.63. The molecule has 0 aromatic heterocycles. The zero-order valence-corrected chi connectivity index (χ0v) is 11.5. The molecule has 0 fully saturated rings. The number of hydrogen-bond acceptors (Lipinski definition) is 4. The molecule has 0 aliphatic rings. The zero-order valence-electron chi connectivity index (χ0n) is 11.5. The van der Waals surface area contributed by atoms with Crippen LogP contribution in [0.15, 0.2) is 60.3 Å². The predicted molar refractivity (Wildman–Crippen MR) is 85.4 cm³/mol. The number of rotatable bonds is 4. The van der Waals surface area contributed by atoms with Crippen LogP contribution in [0, 0.1) is 0 Å². The average Bonchev–Trinajstić information content (AvgIpc) is 2.48. The molecule has 0 heterocycles. The molecule has 2 aromatic rings. The third-order valence-corrected chi connectivity index (χ3v) is 3.06. The third kappa shape index (κ3) is 3.87. The van der Waals surface area contributed by atoms with Gasteiger partial charge in [0, 0.05) is 16.8 Å². The first kappa shape index (κ1) is 14.7. The first-order valence-corrected chi connectivity index (χ1v) is 6.55. The molecular formula is C17H18N2O2. The normalized spacial score (nSPS) is 13.5. The van der Waals surface area contributed by atoms with Crippen LogP contribution in [0.4, 0.5) is 0 Å². The van der Waals surface area contributed by atoms with Crippen LogP contribution >= 0.6 is 0 Å². The maximum absolute atomic E-state index is 9.69. The summed E-state index contributed by atoms with van der Waals surface area (Å²) in [6, 6.07) is 13.3. The predicted octanol–water partition coefficient (Wildman–Crippen LogP) is 2.44. The smallest absolute Gasteiger partial charge is 0.122 e. The Hall–Kier alpha value is -2.72. The van der Waals surface area contributed by atoms with E-state index in [9.17, 15) is 10.2 Å². The van der Waals surface area contributed by atoms with E-state index in [1.807, 2.05) is 12.1 Å². The highest BCUT2D eigenvalue weighted by atomic mass is 16.3. The number of benzene rings is 2. The number of aromatic hydroxyl groups is 2. The fourth-order valence-corrected chi connectivity index (χ4v) is 1.83. The van der Waals surface area contributed by atoms with E-state index < -0.39 is 6.04 Å². The van der Waals surface area contributed by atoms with Gasteiger partial charge < -0.3 is 21.7 Å². The van der Waals surface area contributed by atoms with E-state index >= 15 is 0 Å². The lowest BCUT2D eigenvalue weighted by molar-refractivity contribution is 0.473. The molecule has 2 aromatic carbocycles. The van der Waals surface area contributed by atoms with Crippen LogP contribution in [-0.2, 0) is 0 Å². The Morgan fingerprint density at radius 2 is 1.43 bits per heavy atom. The van der Waals surface area contributed by atoms with Gasteiger partial charge in [0.1, 0.15) is 11.5 Å². The summed E-state index contributed by atoms with van der Waals surface area (Å²) in [6.07, 6.45) is 5.04. The Morgan fingerprint density at radius 1 is 0.905 bits per heavy atom. The van der Waals surface area contributed by atoms with Crippen molar-refractivity contribution >= 4 is 12.2 Å². The molecule has 21 heavy (non-hydrogen) atoms. The van der Waals surface area contributed by atoms with E-state index in [1.165, 1.54) is 0 Å². The minimum atomic E-state index is -0.510. The quantitative estimate of drug-likeness (QED) is 0.693. The van der Waals surface area contributed by atoms with Crippen molar-refractivity contribution in [2.45, 2.75) is 6.04 Å². The Balaban J connectivity index is 2.15. The standard InChI is InChI=1S/C17H18N2O2/c18-14(10-9-12-5-1-3-7-16(12)20)15(19)11-13-6-2-4-8-17(13)21/h1-11,14,20-21H,18-19H2/b10-9+,15-11+. The highest BCUT2D eigenvalue weighted by Gasteiger charge is 2.04. The third-order valence-electron chi connectivity index (χ3n) is 3.06. The summed E-state index contributed by atoms with van der Waals surface area (Å²) in [5, 5.41) is 19.4. The summed E-state index contributed by atoms with van der Waals surface area (Å²) in [6.45, 7) is 0. The van der Waals surface area contributed by atoms with E-state index in [-0.39, 0.29) is 11.5 Å². The van der Waals surface area contributed by atoms with Crippen LogP contribution in [0.1, 0.15) is 11.1 Å². The molecule has 0 radical (unpaired) electrons. The molecule has 0 saturated heterocycles. The van der Waals surface area contributed by atoms with Crippen LogP contribution in [-0.4, -0.2) is 16.3 Å². The van der Waals surface area contributed by atoms with Crippen LogP contribution in [0.3, 0.4) is 0 Å². The molecule has 1 unspecified atom stereocenters. The van der Waals surface area contributed by atoms with Crippen molar-refractivity contribution in [3.05, 3.63) is 71.4 Å². The summed E-state index contributed by atoms with van der Waals surface area (Å²) in [5.74, 6) is 0.335. The van der Waals surface area contributed by atoms with Crippen molar-refractivity contribution in [1.29, 1.82) is 0 Å². The monoisotopic (exact) mass is 282 g/mol. The lowest BCUT2D eigenvalue weighted by Gasteiger charge is -2.08. The van der Waals surface area contributed by atoms with Gasteiger partial charge in [0.2, 0.25) is 0 Å². The summed E-state index contributed by atoms with van der Waals surface area (Å²) in [4.78, 5) is 0. The first-order valence-electron chi connectivity index (χ1n) is 6.55. The van der Waals surface area contributed by atoms with Crippen LogP contribution < -0.4 is 11.5 Å².